The average molecular weight is 539 g/mol. The molecule has 2 amide bonds. The molecule has 1 fully saturated rings. The van der Waals surface area contributed by atoms with Crippen LogP contribution in [0.2, 0.25) is 0 Å². The maximum absolute atomic E-state index is 11.9. The predicted molar refractivity (Wildman–Crippen MR) is 165 cm³/mol. The second-order valence-corrected chi connectivity index (χ2v) is 12.0. The topological polar surface area (TPSA) is 72.6 Å². The van der Waals surface area contributed by atoms with Gasteiger partial charge in [0.05, 0.1) is 6.10 Å². The fraction of sp³-hybridized carbons (Fsp3) is 0.879. The van der Waals surface area contributed by atoms with Crippen LogP contribution in [0.4, 0.5) is 0 Å². The molecule has 0 aliphatic carbocycles. The molecule has 1 aliphatic rings. The molecular formula is C33H66N2O3. The summed E-state index contributed by atoms with van der Waals surface area (Å²) in [4.78, 5) is 22.6. The van der Waals surface area contributed by atoms with Gasteiger partial charge in [-0.15, -0.1) is 0 Å². The van der Waals surface area contributed by atoms with Crippen LogP contribution in [0.15, 0.2) is 12.2 Å². The van der Waals surface area contributed by atoms with Gasteiger partial charge in [0.25, 0.3) is 0 Å². The minimum absolute atomic E-state index is 0.250. The summed E-state index contributed by atoms with van der Waals surface area (Å²) in [6.07, 6.45) is 29.7. The fourth-order valence-corrected chi connectivity index (χ4v) is 4.50. The molecule has 0 aromatic heterocycles. The summed E-state index contributed by atoms with van der Waals surface area (Å²) in [6.45, 7) is 13.1. The highest BCUT2D eigenvalue weighted by Gasteiger charge is 2.15. The molecular weight excluding hydrogens is 472 g/mol. The SMILES string of the molecule is CCCCCCCCCCCCCCN1CCCCCC1=O.COC(C)CCC/C=C/C(C)(C)C.NC=O. The zero-order valence-electron chi connectivity index (χ0n) is 26.4. The monoisotopic (exact) mass is 539 g/mol. The van der Waals surface area contributed by atoms with Gasteiger partial charge in [-0.2, -0.15) is 0 Å². The molecule has 5 nitrogen and oxygen atoms in total. The van der Waals surface area contributed by atoms with E-state index in [1.807, 2.05) is 0 Å². The van der Waals surface area contributed by atoms with Crippen molar-refractivity contribution in [3.63, 3.8) is 0 Å². The summed E-state index contributed by atoms with van der Waals surface area (Å²) >= 11 is 0. The highest BCUT2D eigenvalue weighted by molar-refractivity contribution is 5.76. The maximum atomic E-state index is 11.9. The first kappa shape index (κ1) is 38.8. The third-order valence-corrected chi connectivity index (χ3v) is 6.95. The molecule has 5 heteroatoms. The van der Waals surface area contributed by atoms with Gasteiger partial charge in [0.1, 0.15) is 0 Å². The van der Waals surface area contributed by atoms with Crippen molar-refractivity contribution in [2.75, 3.05) is 20.2 Å². The van der Waals surface area contributed by atoms with E-state index in [1.54, 1.807) is 7.11 Å². The van der Waals surface area contributed by atoms with Crippen LogP contribution in [0.5, 0.6) is 0 Å². The molecule has 0 saturated carbocycles. The molecule has 0 spiro atoms. The van der Waals surface area contributed by atoms with E-state index >= 15 is 0 Å². The number of allylic oxidation sites excluding steroid dienone is 2. The van der Waals surface area contributed by atoms with Crippen LogP contribution in [0, 0.1) is 5.41 Å². The van der Waals surface area contributed by atoms with Gasteiger partial charge in [-0.25, -0.2) is 0 Å². The minimum Gasteiger partial charge on any atom is -0.382 e. The predicted octanol–water partition coefficient (Wildman–Crippen LogP) is 8.99. The van der Waals surface area contributed by atoms with Crippen molar-refractivity contribution in [2.24, 2.45) is 11.1 Å². The van der Waals surface area contributed by atoms with Gasteiger partial charge in [-0.05, 0) is 50.9 Å². The van der Waals surface area contributed by atoms with E-state index < -0.39 is 0 Å². The van der Waals surface area contributed by atoms with E-state index in [2.05, 4.69) is 57.4 Å². The second kappa shape index (κ2) is 28.6. The number of ether oxygens (including phenoxy) is 1. The lowest BCUT2D eigenvalue weighted by Crippen LogP contribution is -2.31. The van der Waals surface area contributed by atoms with Gasteiger partial charge in [-0.1, -0.05) is 117 Å². The lowest BCUT2D eigenvalue weighted by molar-refractivity contribution is -0.130. The van der Waals surface area contributed by atoms with Gasteiger partial charge < -0.3 is 15.4 Å². The van der Waals surface area contributed by atoms with Crippen molar-refractivity contribution in [1.82, 2.24) is 4.90 Å². The Bertz CT molecular complexity index is 543. The lowest BCUT2D eigenvalue weighted by atomic mass is 9.95. The number of unbranched alkanes of at least 4 members (excludes halogenated alkanes) is 12. The summed E-state index contributed by atoms with van der Waals surface area (Å²) in [6, 6.07) is 0. The quantitative estimate of drug-likeness (QED) is 0.107. The van der Waals surface area contributed by atoms with Crippen molar-refractivity contribution in [3.8, 4) is 0 Å². The maximum Gasteiger partial charge on any atom is 0.222 e. The van der Waals surface area contributed by atoms with Gasteiger partial charge in [0.15, 0.2) is 0 Å². The van der Waals surface area contributed by atoms with Crippen LogP contribution >= 0.6 is 0 Å². The van der Waals surface area contributed by atoms with E-state index in [0.29, 0.717) is 17.4 Å². The highest BCUT2D eigenvalue weighted by Crippen LogP contribution is 2.16. The second-order valence-electron chi connectivity index (χ2n) is 12.0. The molecule has 1 saturated heterocycles. The number of methoxy groups -OCH3 is 1. The van der Waals surface area contributed by atoms with Crippen molar-refractivity contribution in [2.45, 2.75) is 163 Å². The fourth-order valence-electron chi connectivity index (χ4n) is 4.50. The van der Waals surface area contributed by atoms with Crippen LogP contribution in [-0.2, 0) is 14.3 Å². The van der Waals surface area contributed by atoms with Crippen LogP contribution in [0.25, 0.3) is 0 Å². The van der Waals surface area contributed by atoms with Crippen LogP contribution in [-0.4, -0.2) is 43.5 Å². The summed E-state index contributed by atoms with van der Waals surface area (Å²) in [5.41, 5.74) is 4.49. The van der Waals surface area contributed by atoms with Crippen LogP contribution in [0.1, 0.15) is 157 Å². The first-order valence-corrected chi connectivity index (χ1v) is 15.8. The smallest absolute Gasteiger partial charge is 0.222 e. The number of amides is 2. The molecule has 0 radical (unpaired) electrons. The molecule has 0 aromatic rings. The molecule has 226 valence electrons. The van der Waals surface area contributed by atoms with Crippen molar-refractivity contribution < 1.29 is 14.3 Å². The third kappa shape index (κ3) is 30.9. The Kier molecular flexibility index (Phi) is 29.2. The van der Waals surface area contributed by atoms with E-state index in [4.69, 9.17) is 9.53 Å². The number of nitrogens with zero attached hydrogens (tertiary/aromatic N) is 1. The van der Waals surface area contributed by atoms with Gasteiger partial charge in [-0.3, -0.25) is 9.59 Å². The zero-order valence-corrected chi connectivity index (χ0v) is 26.4. The van der Waals surface area contributed by atoms with Crippen molar-refractivity contribution in [1.29, 1.82) is 0 Å². The standard InChI is InChI=1S/C20H39NO.C12H24O.CH3NO/c1-2-3-4-5-6-7-8-9-10-11-12-15-18-21-19-16-13-14-17-20(21)22;1-11(13-5)9-7-6-8-10-12(2,3)4;2-1-3/h2-19H2,1H3;8,10-11H,6-7,9H2,1-5H3;1H,(H2,2,3)/b;10-8+;. The molecule has 38 heavy (non-hydrogen) atoms. The Labute approximate surface area is 237 Å². The third-order valence-electron chi connectivity index (χ3n) is 6.95. The Morgan fingerprint density at radius 2 is 1.42 bits per heavy atom. The molecule has 1 atom stereocenters. The molecule has 1 aliphatic heterocycles. The number of primary amides is 1. The van der Waals surface area contributed by atoms with Gasteiger partial charge >= 0.3 is 0 Å². The van der Waals surface area contributed by atoms with Crippen molar-refractivity contribution >= 4 is 12.3 Å². The van der Waals surface area contributed by atoms with Crippen LogP contribution < -0.4 is 5.73 Å². The van der Waals surface area contributed by atoms with E-state index in [0.717, 1.165) is 32.4 Å². The number of likely N-dealkylation sites (tertiary alicyclic amines) is 1. The summed E-state index contributed by atoms with van der Waals surface area (Å²) in [7, 11) is 1.77. The number of nitrogens with two attached hydrogens (primary N) is 1. The molecule has 1 heterocycles. The van der Waals surface area contributed by atoms with E-state index in [1.165, 1.54) is 103 Å². The first-order valence-electron chi connectivity index (χ1n) is 15.8. The largest absolute Gasteiger partial charge is 0.382 e. The minimum atomic E-state index is 0.250. The normalized spacial score (nSPS) is 14.8. The molecule has 2 N–H and O–H groups in total. The number of carbonyl (C=O) groups is 2. The number of hydrogen-bond donors (Lipinski definition) is 1. The highest BCUT2D eigenvalue weighted by atomic mass is 16.5. The van der Waals surface area contributed by atoms with Crippen molar-refractivity contribution in [3.05, 3.63) is 12.2 Å². The van der Waals surface area contributed by atoms with E-state index in [9.17, 15) is 4.79 Å². The van der Waals surface area contributed by atoms with Crippen LogP contribution in [0.3, 0.4) is 0 Å². The Morgan fingerprint density at radius 1 is 0.895 bits per heavy atom. The van der Waals surface area contributed by atoms with E-state index in [-0.39, 0.29) is 6.41 Å². The Balaban J connectivity index is 0. The molecule has 0 aromatic carbocycles. The summed E-state index contributed by atoms with van der Waals surface area (Å²) < 4.78 is 5.17. The van der Waals surface area contributed by atoms with Gasteiger partial charge in [0.2, 0.25) is 12.3 Å². The molecule has 0 bridgehead atoms. The molecule has 1 rings (SSSR count). The zero-order chi connectivity index (χ0) is 28.9. The molecule has 1 unspecified atom stereocenters. The average Bonchev–Trinajstić information content (AvgIpc) is 3.08. The summed E-state index contributed by atoms with van der Waals surface area (Å²) in [5, 5.41) is 0. The number of hydrogen-bond acceptors (Lipinski definition) is 3. The number of carbonyl (C=O) groups excluding carboxylic acids is 2. The Morgan fingerprint density at radius 3 is 1.92 bits per heavy atom. The number of rotatable bonds is 18. The summed E-state index contributed by atoms with van der Waals surface area (Å²) in [5.74, 6) is 0.403. The first-order chi connectivity index (χ1) is 18.2. The van der Waals surface area contributed by atoms with Gasteiger partial charge in [0, 0.05) is 26.6 Å². The lowest BCUT2D eigenvalue weighted by Gasteiger charge is -2.20. The Hall–Kier alpha value is -1.36.